The Morgan fingerprint density at radius 3 is 2.73 bits per heavy atom. The van der Waals surface area contributed by atoms with Crippen LogP contribution in [0.1, 0.15) is 12.0 Å². The molecule has 0 aromatic heterocycles. The van der Waals surface area contributed by atoms with Crippen LogP contribution in [0.15, 0.2) is 43.0 Å². The van der Waals surface area contributed by atoms with E-state index in [1.807, 2.05) is 6.07 Å². The lowest BCUT2D eigenvalue weighted by atomic mass is 9.76. The molecule has 26 heavy (non-hydrogen) atoms. The Bertz CT molecular complexity index is 631. The zero-order valence-corrected chi connectivity index (χ0v) is 14.3. The summed E-state index contributed by atoms with van der Waals surface area (Å²) < 4.78 is 18.6. The van der Waals surface area contributed by atoms with Crippen LogP contribution in [0, 0.1) is 0 Å². The van der Waals surface area contributed by atoms with E-state index < -0.39 is 37.3 Å². The summed E-state index contributed by atoms with van der Waals surface area (Å²) in [6.07, 6.45) is -0.690. The van der Waals surface area contributed by atoms with Gasteiger partial charge in [0.25, 0.3) is 0 Å². The number of hydrogen-bond acceptors (Lipinski definition) is 5. The van der Waals surface area contributed by atoms with E-state index in [0.29, 0.717) is 0 Å². The molecule has 0 saturated carbocycles. The number of likely N-dealkylation sites (tertiary alicyclic amines) is 1. The van der Waals surface area contributed by atoms with Crippen LogP contribution in [0.2, 0.25) is 0 Å². The number of rotatable bonds is 7. The van der Waals surface area contributed by atoms with Crippen molar-refractivity contribution < 1.29 is 28.8 Å². The highest BCUT2D eigenvalue weighted by Gasteiger charge is 2.35. The third-order valence-corrected chi connectivity index (χ3v) is 4.19. The van der Waals surface area contributed by atoms with E-state index in [1.54, 1.807) is 24.3 Å². The van der Waals surface area contributed by atoms with Gasteiger partial charge in [0.15, 0.2) is 0 Å². The van der Waals surface area contributed by atoms with Gasteiger partial charge in [-0.25, -0.2) is 9.18 Å². The number of ether oxygens (including phenoxy) is 1. The van der Waals surface area contributed by atoms with Gasteiger partial charge >= 0.3 is 13.2 Å². The number of hydrogen-bond donors (Lipinski definition) is 3. The van der Waals surface area contributed by atoms with Crippen molar-refractivity contribution in [1.82, 2.24) is 10.2 Å². The van der Waals surface area contributed by atoms with Crippen molar-refractivity contribution >= 4 is 19.1 Å². The van der Waals surface area contributed by atoms with E-state index >= 15 is 0 Å². The Hall–Kier alpha value is -2.39. The number of alkyl carbamates (subject to hydrolysis) is 1. The molecule has 3 N–H and O–H groups in total. The van der Waals surface area contributed by atoms with Crippen LogP contribution in [0.3, 0.4) is 0 Å². The highest BCUT2D eigenvalue weighted by Crippen LogP contribution is 2.21. The number of nitrogens with one attached hydrogen (secondary N) is 1. The average molecular weight is 364 g/mol. The minimum atomic E-state index is -1.77. The smallest absolute Gasteiger partial charge is 0.447 e. The average Bonchev–Trinajstić information content (AvgIpc) is 3.00. The number of carbonyl (C=O) groups excluding carboxylic acids is 2. The molecule has 3 atom stereocenters. The predicted molar refractivity (Wildman–Crippen MR) is 93.8 cm³/mol. The standard InChI is InChI=1S/C17H22BFN2O5/c1-2-16(22)21-10-13(19)9-14(21)11-26-17(23)20-15(18(24)25)8-12-6-4-3-5-7-12/h2-7,13-15,24-25H,1,8-11H2,(H,20,23)/t13-,14-,15?/m1/s1. The van der Waals surface area contributed by atoms with Crippen LogP contribution in [0.4, 0.5) is 9.18 Å². The Morgan fingerprint density at radius 2 is 2.12 bits per heavy atom. The van der Waals surface area contributed by atoms with Crippen molar-refractivity contribution in [2.24, 2.45) is 0 Å². The Kier molecular flexibility index (Phi) is 7.17. The van der Waals surface area contributed by atoms with Crippen LogP contribution in [0.25, 0.3) is 0 Å². The molecule has 140 valence electrons. The van der Waals surface area contributed by atoms with Gasteiger partial charge in [0, 0.05) is 6.42 Å². The third kappa shape index (κ3) is 5.57. The van der Waals surface area contributed by atoms with Crippen LogP contribution < -0.4 is 5.32 Å². The van der Waals surface area contributed by atoms with Gasteiger partial charge in [-0.1, -0.05) is 36.9 Å². The van der Waals surface area contributed by atoms with Gasteiger partial charge in [-0.3, -0.25) is 4.79 Å². The monoisotopic (exact) mass is 364 g/mol. The first kappa shape index (κ1) is 19.9. The number of benzene rings is 1. The first-order valence-corrected chi connectivity index (χ1v) is 8.31. The van der Waals surface area contributed by atoms with Gasteiger partial charge in [0.2, 0.25) is 5.91 Å². The summed E-state index contributed by atoms with van der Waals surface area (Å²) in [5.74, 6) is -1.39. The van der Waals surface area contributed by atoms with E-state index in [2.05, 4.69) is 11.9 Å². The molecule has 1 aliphatic rings. The lowest BCUT2D eigenvalue weighted by Crippen LogP contribution is -2.48. The molecular weight excluding hydrogens is 342 g/mol. The fraction of sp³-hybridized carbons (Fsp3) is 0.412. The number of amides is 2. The molecule has 0 bridgehead atoms. The van der Waals surface area contributed by atoms with Crippen molar-refractivity contribution in [2.75, 3.05) is 13.2 Å². The molecule has 0 spiro atoms. The highest BCUT2D eigenvalue weighted by molar-refractivity contribution is 6.43. The lowest BCUT2D eigenvalue weighted by Gasteiger charge is -2.23. The Labute approximate surface area is 151 Å². The second-order valence-corrected chi connectivity index (χ2v) is 6.13. The fourth-order valence-corrected chi connectivity index (χ4v) is 2.87. The van der Waals surface area contributed by atoms with Crippen molar-refractivity contribution in [1.29, 1.82) is 0 Å². The van der Waals surface area contributed by atoms with Crippen LogP contribution in [0.5, 0.6) is 0 Å². The van der Waals surface area contributed by atoms with Gasteiger partial charge in [-0.05, 0) is 18.1 Å². The molecule has 9 heteroatoms. The lowest BCUT2D eigenvalue weighted by molar-refractivity contribution is -0.127. The summed E-state index contributed by atoms with van der Waals surface area (Å²) in [5, 5.41) is 21.3. The second kappa shape index (κ2) is 9.35. The second-order valence-electron chi connectivity index (χ2n) is 6.13. The third-order valence-electron chi connectivity index (χ3n) is 4.19. The first-order valence-electron chi connectivity index (χ1n) is 8.31. The molecule has 1 unspecified atom stereocenters. The summed E-state index contributed by atoms with van der Waals surface area (Å²) in [6, 6.07) is 8.43. The van der Waals surface area contributed by atoms with Gasteiger partial charge < -0.3 is 25.0 Å². The topological polar surface area (TPSA) is 99.1 Å². The minimum Gasteiger partial charge on any atom is -0.447 e. The van der Waals surface area contributed by atoms with Gasteiger partial charge in [0.1, 0.15) is 12.8 Å². The molecule has 1 aromatic rings. The van der Waals surface area contributed by atoms with E-state index in [9.17, 15) is 24.0 Å². The number of nitrogens with zero attached hydrogens (tertiary/aromatic N) is 1. The SMILES string of the molecule is C=CC(=O)N1C[C@H](F)C[C@@H]1COC(=O)NC(Cc1ccccc1)B(O)O. The number of alkyl halides is 1. The first-order chi connectivity index (χ1) is 12.4. The maximum absolute atomic E-state index is 13.6. The summed E-state index contributed by atoms with van der Waals surface area (Å²) in [6.45, 7) is 3.12. The summed E-state index contributed by atoms with van der Waals surface area (Å²) in [4.78, 5) is 24.9. The zero-order valence-electron chi connectivity index (χ0n) is 14.3. The molecule has 0 aliphatic carbocycles. The molecule has 1 aromatic carbocycles. The predicted octanol–water partition coefficient (Wildman–Crippen LogP) is 0.461. The molecule has 1 fully saturated rings. The van der Waals surface area contributed by atoms with Crippen molar-refractivity contribution in [2.45, 2.75) is 31.0 Å². The van der Waals surface area contributed by atoms with Crippen molar-refractivity contribution in [3.63, 3.8) is 0 Å². The van der Waals surface area contributed by atoms with E-state index in [-0.39, 0.29) is 26.0 Å². The van der Waals surface area contributed by atoms with Crippen LogP contribution in [-0.4, -0.2) is 65.4 Å². The molecule has 0 radical (unpaired) electrons. The maximum Gasteiger partial charge on any atom is 0.475 e. The molecule has 1 heterocycles. The van der Waals surface area contributed by atoms with Crippen LogP contribution in [-0.2, 0) is 16.0 Å². The normalized spacial score (nSPS) is 20.3. The van der Waals surface area contributed by atoms with E-state index in [0.717, 1.165) is 11.6 Å². The number of carbonyl (C=O) groups is 2. The molecule has 1 saturated heterocycles. The Balaban J connectivity index is 1.87. The summed E-state index contributed by atoms with van der Waals surface area (Å²) in [7, 11) is -1.77. The minimum absolute atomic E-state index is 0.0630. The molecule has 7 nitrogen and oxygen atoms in total. The maximum atomic E-state index is 13.6. The quantitative estimate of drug-likeness (QED) is 0.482. The highest BCUT2D eigenvalue weighted by atomic mass is 19.1. The van der Waals surface area contributed by atoms with Gasteiger partial charge in [-0.2, -0.15) is 0 Å². The number of halogens is 1. The van der Waals surface area contributed by atoms with Crippen LogP contribution >= 0.6 is 0 Å². The fourth-order valence-electron chi connectivity index (χ4n) is 2.87. The van der Waals surface area contributed by atoms with E-state index in [1.165, 1.54) is 4.90 Å². The summed E-state index contributed by atoms with van der Waals surface area (Å²) in [5.41, 5.74) is 0.810. The largest absolute Gasteiger partial charge is 0.475 e. The van der Waals surface area contributed by atoms with Crippen molar-refractivity contribution in [3.05, 3.63) is 48.6 Å². The summed E-state index contributed by atoms with van der Waals surface area (Å²) >= 11 is 0. The van der Waals surface area contributed by atoms with Crippen molar-refractivity contribution in [3.8, 4) is 0 Å². The zero-order chi connectivity index (χ0) is 19.1. The molecular formula is C17H22BFN2O5. The molecule has 2 rings (SSSR count). The Morgan fingerprint density at radius 1 is 1.42 bits per heavy atom. The molecule has 1 aliphatic heterocycles. The molecule has 2 amide bonds. The van der Waals surface area contributed by atoms with E-state index in [4.69, 9.17) is 4.74 Å². The van der Waals surface area contributed by atoms with Gasteiger partial charge in [0.05, 0.1) is 18.5 Å². The van der Waals surface area contributed by atoms with Gasteiger partial charge in [-0.15, -0.1) is 0 Å².